The van der Waals surface area contributed by atoms with Gasteiger partial charge in [0.15, 0.2) is 5.75 Å². The van der Waals surface area contributed by atoms with Crippen LogP contribution in [0.2, 0.25) is 0 Å². The quantitative estimate of drug-likeness (QED) is 0.743. The minimum absolute atomic E-state index is 0.120. The molecule has 1 aromatic rings. The van der Waals surface area contributed by atoms with E-state index in [-0.39, 0.29) is 12.4 Å². The van der Waals surface area contributed by atoms with E-state index in [0.717, 1.165) is 4.47 Å². The van der Waals surface area contributed by atoms with Gasteiger partial charge in [-0.15, -0.1) is 0 Å². The lowest BCUT2D eigenvalue weighted by Gasteiger charge is -1.96. The topological polar surface area (TPSA) is 40.1 Å². The first-order chi connectivity index (χ1) is 4.74. The lowest BCUT2D eigenvalue weighted by Crippen LogP contribution is -1.81. The Morgan fingerprint density at radius 1 is 1.50 bits per heavy atom. The van der Waals surface area contributed by atoms with Gasteiger partial charge in [0.2, 0.25) is 0 Å². The van der Waals surface area contributed by atoms with E-state index in [0.29, 0.717) is 5.56 Å². The largest absolute Gasteiger partial charge is 0.392 e. The Balaban J connectivity index is 3.09. The fourth-order valence-corrected chi connectivity index (χ4v) is 1.08. The summed E-state index contributed by atoms with van der Waals surface area (Å²) in [6, 6.07) is 4.69. The first-order valence-corrected chi connectivity index (χ1v) is 3.59. The van der Waals surface area contributed by atoms with E-state index < -0.39 is 0 Å². The van der Waals surface area contributed by atoms with Crippen molar-refractivity contribution in [3.63, 3.8) is 0 Å². The predicted molar refractivity (Wildman–Crippen MR) is 40.2 cm³/mol. The van der Waals surface area contributed by atoms with Gasteiger partial charge in [-0.05, 0) is 18.2 Å². The maximum atomic E-state index is 10.8. The SMILES string of the molecule is [O]c1ccc(Br)cc1CO. The van der Waals surface area contributed by atoms with Crippen LogP contribution in [-0.4, -0.2) is 5.11 Å². The van der Waals surface area contributed by atoms with Gasteiger partial charge in [0, 0.05) is 10.0 Å². The number of rotatable bonds is 1. The van der Waals surface area contributed by atoms with E-state index in [4.69, 9.17) is 5.11 Å². The summed E-state index contributed by atoms with van der Waals surface area (Å²) in [5, 5.41) is 19.4. The first-order valence-electron chi connectivity index (χ1n) is 2.80. The molecule has 10 heavy (non-hydrogen) atoms. The molecule has 1 aromatic carbocycles. The minimum atomic E-state index is -0.196. The summed E-state index contributed by atoms with van der Waals surface area (Å²) in [5.74, 6) is -0.120. The highest BCUT2D eigenvalue weighted by Crippen LogP contribution is 2.21. The molecule has 0 bridgehead atoms. The van der Waals surface area contributed by atoms with Gasteiger partial charge in [-0.25, -0.2) is 0 Å². The normalized spacial score (nSPS) is 9.80. The van der Waals surface area contributed by atoms with Crippen LogP contribution < -0.4 is 0 Å². The second-order valence-electron chi connectivity index (χ2n) is 1.91. The molecule has 1 N–H and O–H groups in total. The van der Waals surface area contributed by atoms with Gasteiger partial charge in [-0.2, -0.15) is 0 Å². The maximum Gasteiger partial charge on any atom is 0.184 e. The minimum Gasteiger partial charge on any atom is -0.392 e. The van der Waals surface area contributed by atoms with E-state index in [2.05, 4.69) is 15.9 Å². The fourth-order valence-electron chi connectivity index (χ4n) is 0.672. The lowest BCUT2D eigenvalue weighted by atomic mass is 10.2. The van der Waals surface area contributed by atoms with Crippen molar-refractivity contribution in [2.45, 2.75) is 6.61 Å². The Kier molecular flexibility index (Phi) is 2.29. The Morgan fingerprint density at radius 2 is 2.20 bits per heavy atom. The van der Waals surface area contributed by atoms with Crippen molar-refractivity contribution >= 4 is 15.9 Å². The molecule has 0 aliphatic rings. The van der Waals surface area contributed by atoms with Gasteiger partial charge in [0.1, 0.15) is 0 Å². The van der Waals surface area contributed by atoms with Crippen molar-refractivity contribution in [3.8, 4) is 5.75 Å². The molecule has 1 radical (unpaired) electrons. The summed E-state index contributed by atoms with van der Waals surface area (Å²) in [6.07, 6.45) is 0. The van der Waals surface area contributed by atoms with Gasteiger partial charge in [0.05, 0.1) is 6.61 Å². The van der Waals surface area contributed by atoms with E-state index in [1.165, 1.54) is 6.07 Å². The van der Waals surface area contributed by atoms with Crippen LogP contribution in [0.25, 0.3) is 0 Å². The molecular weight excluding hydrogens is 196 g/mol. The summed E-state index contributed by atoms with van der Waals surface area (Å²) < 4.78 is 0.816. The van der Waals surface area contributed by atoms with Crippen LogP contribution in [0.1, 0.15) is 5.56 Å². The number of aliphatic hydroxyl groups is 1. The molecule has 0 unspecified atom stereocenters. The van der Waals surface area contributed by atoms with Crippen molar-refractivity contribution in [1.82, 2.24) is 0 Å². The summed E-state index contributed by atoms with van der Waals surface area (Å²) in [6.45, 7) is -0.196. The number of hydrogen-bond donors (Lipinski definition) is 1. The fraction of sp³-hybridized carbons (Fsp3) is 0.143. The van der Waals surface area contributed by atoms with Crippen LogP contribution in [0.3, 0.4) is 0 Å². The lowest BCUT2D eigenvalue weighted by molar-refractivity contribution is 0.266. The van der Waals surface area contributed by atoms with E-state index in [1.807, 2.05) is 0 Å². The van der Waals surface area contributed by atoms with Crippen molar-refractivity contribution in [1.29, 1.82) is 0 Å². The predicted octanol–water partition coefficient (Wildman–Crippen LogP) is 2.09. The van der Waals surface area contributed by atoms with Gasteiger partial charge >= 0.3 is 0 Å². The Bertz CT molecular complexity index is 235. The molecule has 2 nitrogen and oxygen atoms in total. The summed E-state index contributed by atoms with van der Waals surface area (Å²) in [7, 11) is 0. The molecule has 0 atom stereocenters. The van der Waals surface area contributed by atoms with Crippen molar-refractivity contribution in [2.75, 3.05) is 0 Å². The molecule has 0 saturated carbocycles. The first kappa shape index (κ1) is 7.57. The highest BCUT2D eigenvalue weighted by atomic mass is 79.9. The van der Waals surface area contributed by atoms with Gasteiger partial charge in [-0.3, -0.25) is 5.11 Å². The van der Waals surface area contributed by atoms with Crippen LogP contribution in [0, 0.1) is 0 Å². The summed E-state index contributed by atoms with van der Waals surface area (Å²) >= 11 is 3.19. The zero-order valence-electron chi connectivity index (χ0n) is 5.17. The molecule has 0 fully saturated rings. The highest BCUT2D eigenvalue weighted by molar-refractivity contribution is 9.10. The van der Waals surface area contributed by atoms with E-state index in [1.54, 1.807) is 12.1 Å². The molecule has 0 heterocycles. The van der Waals surface area contributed by atoms with E-state index >= 15 is 0 Å². The van der Waals surface area contributed by atoms with Crippen LogP contribution >= 0.6 is 15.9 Å². The summed E-state index contributed by atoms with van der Waals surface area (Å²) in [5.41, 5.74) is 0.425. The average Bonchev–Trinajstić information content (AvgIpc) is 1.94. The molecule has 0 spiro atoms. The van der Waals surface area contributed by atoms with Crippen LogP contribution in [0.15, 0.2) is 22.7 Å². The van der Waals surface area contributed by atoms with Crippen molar-refractivity contribution in [3.05, 3.63) is 28.2 Å². The molecule has 3 heteroatoms. The standard InChI is InChI=1S/C7H6BrO2/c8-6-1-2-7(10)5(3-6)4-9/h1-3,9H,4H2. The highest BCUT2D eigenvalue weighted by Gasteiger charge is 2.00. The summed E-state index contributed by atoms with van der Waals surface area (Å²) in [4.78, 5) is 0. The van der Waals surface area contributed by atoms with Gasteiger partial charge in [0.25, 0.3) is 0 Å². The average molecular weight is 202 g/mol. The number of aliphatic hydroxyl groups excluding tert-OH is 1. The molecular formula is C7H6BrO2. The van der Waals surface area contributed by atoms with Crippen molar-refractivity contribution < 1.29 is 10.2 Å². The zero-order chi connectivity index (χ0) is 7.56. The smallest absolute Gasteiger partial charge is 0.184 e. The van der Waals surface area contributed by atoms with Crippen LogP contribution in [0.4, 0.5) is 0 Å². The monoisotopic (exact) mass is 201 g/mol. The van der Waals surface area contributed by atoms with Gasteiger partial charge in [-0.1, -0.05) is 15.9 Å². The molecule has 0 aliphatic carbocycles. The molecule has 0 saturated heterocycles. The Hall–Kier alpha value is -0.540. The van der Waals surface area contributed by atoms with Crippen LogP contribution in [-0.2, 0) is 11.7 Å². The Morgan fingerprint density at radius 3 is 2.70 bits per heavy atom. The van der Waals surface area contributed by atoms with Crippen molar-refractivity contribution in [2.24, 2.45) is 0 Å². The number of benzene rings is 1. The second-order valence-corrected chi connectivity index (χ2v) is 2.83. The molecule has 0 amide bonds. The van der Waals surface area contributed by atoms with Gasteiger partial charge < -0.3 is 5.11 Å². The third-order valence-electron chi connectivity index (χ3n) is 1.19. The molecule has 0 aromatic heterocycles. The molecule has 1 rings (SSSR count). The molecule has 0 aliphatic heterocycles. The zero-order valence-corrected chi connectivity index (χ0v) is 6.76. The Labute approximate surface area is 67.3 Å². The van der Waals surface area contributed by atoms with E-state index in [9.17, 15) is 5.11 Å². The third-order valence-corrected chi connectivity index (χ3v) is 1.69. The third kappa shape index (κ3) is 1.49. The maximum absolute atomic E-state index is 10.8. The van der Waals surface area contributed by atoms with Crippen LogP contribution in [0.5, 0.6) is 5.75 Å². The second kappa shape index (κ2) is 3.03. The number of halogens is 1. The number of hydrogen-bond acceptors (Lipinski definition) is 1. The molecule has 53 valence electrons.